The van der Waals surface area contributed by atoms with Gasteiger partial charge in [-0.25, -0.2) is 8.42 Å². The molecule has 0 saturated carbocycles. The molecule has 0 heterocycles. The van der Waals surface area contributed by atoms with Crippen LogP contribution in [0.5, 0.6) is 0 Å². The number of amides is 1. The van der Waals surface area contributed by atoms with Gasteiger partial charge in [0.1, 0.15) is 6.04 Å². The Morgan fingerprint density at radius 3 is 1.90 bits per heavy atom. The lowest BCUT2D eigenvalue weighted by atomic mass is 9.96. The fourth-order valence-electron chi connectivity index (χ4n) is 3.43. The van der Waals surface area contributed by atoms with E-state index in [1.807, 2.05) is 67.6 Å². The van der Waals surface area contributed by atoms with Crippen LogP contribution >= 0.6 is 0 Å². The van der Waals surface area contributed by atoms with Crippen LogP contribution in [0.2, 0.25) is 0 Å². The van der Waals surface area contributed by atoms with E-state index in [0.29, 0.717) is 5.56 Å². The second-order valence-electron chi connectivity index (χ2n) is 7.36. The molecule has 0 aliphatic carbocycles. The summed E-state index contributed by atoms with van der Waals surface area (Å²) in [6.07, 6.45) is 1.10. The number of rotatable bonds is 7. The van der Waals surface area contributed by atoms with Crippen LogP contribution in [0, 0.1) is 6.92 Å². The molecule has 156 valence electrons. The molecule has 30 heavy (non-hydrogen) atoms. The fraction of sp³-hybridized carbons (Fsp3) is 0.208. The fourth-order valence-corrected chi connectivity index (χ4v) is 4.03. The lowest BCUT2D eigenvalue weighted by Gasteiger charge is -2.28. The maximum Gasteiger partial charge on any atom is 0.243 e. The number of hydrogen-bond donors (Lipinski definition) is 1. The molecule has 0 bridgehead atoms. The third kappa shape index (κ3) is 5.14. The summed E-state index contributed by atoms with van der Waals surface area (Å²) in [4.78, 5) is 13.5. The summed E-state index contributed by atoms with van der Waals surface area (Å²) in [5.41, 5.74) is 3.54. The predicted octanol–water partition coefficient (Wildman–Crippen LogP) is 3.83. The Hall–Kier alpha value is -2.96. The van der Waals surface area contributed by atoms with Gasteiger partial charge in [-0.1, -0.05) is 90.5 Å². The Balaban J connectivity index is 2.02. The van der Waals surface area contributed by atoms with Gasteiger partial charge in [-0.2, -0.15) is 4.31 Å². The van der Waals surface area contributed by atoms with Gasteiger partial charge in [0.25, 0.3) is 0 Å². The SMILES string of the molecule is Cc1cccc([C@@H](NC(=O)[C@@H](c2ccccc2)N(C)S(C)(=O)=O)c2ccccc2)c1. The number of sulfonamides is 1. The molecule has 1 N–H and O–H groups in total. The van der Waals surface area contributed by atoms with Gasteiger partial charge >= 0.3 is 0 Å². The van der Waals surface area contributed by atoms with Crippen LogP contribution in [0.3, 0.4) is 0 Å². The average molecular weight is 423 g/mol. The molecular weight excluding hydrogens is 396 g/mol. The van der Waals surface area contributed by atoms with Gasteiger partial charge in [0.2, 0.25) is 15.9 Å². The van der Waals surface area contributed by atoms with E-state index in [9.17, 15) is 13.2 Å². The molecule has 3 rings (SSSR count). The second-order valence-corrected chi connectivity index (χ2v) is 9.40. The van der Waals surface area contributed by atoms with E-state index < -0.39 is 22.1 Å². The highest BCUT2D eigenvalue weighted by Crippen LogP contribution is 2.27. The highest BCUT2D eigenvalue weighted by molar-refractivity contribution is 7.88. The zero-order chi connectivity index (χ0) is 21.7. The first-order valence-corrected chi connectivity index (χ1v) is 11.5. The third-order valence-electron chi connectivity index (χ3n) is 5.05. The molecule has 0 saturated heterocycles. The molecule has 0 unspecified atom stereocenters. The van der Waals surface area contributed by atoms with Crippen LogP contribution in [-0.2, 0) is 14.8 Å². The van der Waals surface area contributed by atoms with Crippen LogP contribution < -0.4 is 5.32 Å². The second kappa shape index (κ2) is 9.24. The minimum Gasteiger partial charge on any atom is -0.343 e. The largest absolute Gasteiger partial charge is 0.343 e. The van der Waals surface area contributed by atoms with Crippen LogP contribution in [0.4, 0.5) is 0 Å². The average Bonchev–Trinajstić information content (AvgIpc) is 2.73. The molecule has 0 radical (unpaired) electrons. The first-order chi connectivity index (χ1) is 14.3. The number of nitrogens with zero attached hydrogens (tertiary/aromatic N) is 1. The molecule has 2 atom stereocenters. The predicted molar refractivity (Wildman–Crippen MR) is 119 cm³/mol. The number of benzene rings is 3. The summed E-state index contributed by atoms with van der Waals surface area (Å²) >= 11 is 0. The summed E-state index contributed by atoms with van der Waals surface area (Å²) in [6, 6.07) is 25.1. The van der Waals surface area contributed by atoms with E-state index in [1.54, 1.807) is 24.3 Å². The lowest BCUT2D eigenvalue weighted by molar-refractivity contribution is -0.125. The van der Waals surface area contributed by atoms with E-state index in [1.165, 1.54) is 7.05 Å². The first kappa shape index (κ1) is 21.7. The van der Waals surface area contributed by atoms with Crippen molar-refractivity contribution in [3.63, 3.8) is 0 Å². The molecule has 3 aromatic rings. The number of carbonyl (C=O) groups excluding carboxylic acids is 1. The minimum atomic E-state index is -3.59. The summed E-state index contributed by atoms with van der Waals surface area (Å²) in [5, 5.41) is 3.08. The van der Waals surface area contributed by atoms with Crippen molar-refractivity contribution in [2.24, 2.45) is 0 Å². The summed E-state index contributed by atoms with van der Waals surface area (Å²) in [7, 11) is -2.17. The minimum absolute atomic E-state index is 0.385. The molecule has 6 heteroatoms. The molecule has 0 spiro atoms. The van der Waals surface area contributed by atoms with Gasteiger partial charge in [0.15, 0.2) is 0 Å². The highest BCUT2D eigenvalue weighted by Gasteiger charge is 2.32. The van der Waals surface area contributed by atoms with E-state index in [-0.39, 0.29) is 5.91 Å². The van der Waals surface area contributed by atoms with Crippen molar-refractivity contribution >= 4 is 15.9 Å². The molecule has 0 fully saturated rings. The van der Waals surface area contributed by atoms with Gasteiger partial charge in [-0.05, 0) is 23.6 Å². The van der Waals surface area contributed by atoms with Crippen molar-refractivity contribution in [1.82, 2.24) is 9.62 Å². The monoisotopic (exact) mass is 422 g/mol. The van der Waals surface area contributed by atoms with E-state index in [0.717, 1.165) is 27.3 Å². The van der Waals surface area contributed by atoms with Gasteiger partial charge in [-0.15, -0.1) is 0 Å². The maximum atomic E-state index is 13.5. The van der Waals surface area contributed by atoms with Crippen molar-refractivity contribution in [2.45, 2.75) is 19.0 Å². The van der Waals surface area contributed by atoms with Crippen molar-refractivity contribution in [3.8, 4) is 0 Å². The molecule has 3 aromatic carbocycles. The Morgan fingerprint density at radius 2 is 1.37 bits per heavy atom. The lowest BCUT2D eigenvalue weighted by Crippen LogP contribution is -2.42. The van der Waals surface area contributed by atoms with Gasteiger partial charge in [0.05, 0.1) is 12.3 Å². The van der Waals surface area contributed by atoms with Crippen LogP contribution in [0.15, 0.2) is 84.9 Å². The number of hydrogen-bond acceptors (Lipinski definition) is 3. The normalized spacial score (nSPS) is 13.6. The van der Waals surface area contributed by atoms with Crippen LogP contribution in [-0.4, -0.2) is 31.9 Å². The molecule has 0 aliphatic rings. The van der Waals surface area contributed by atoms with Crippen molar-refractivity contribution in [2.75, 3.05) is 13.3 Å². The maximum absolute atomic E-state index is 13.5. The standard InChI is InChI=1S/C24H26N2O3S/c1-18-11-10-16-21(17-18)22(19-12-6-4-7-13-19)25-24(27)23(26(2)30(3,28)29)20-14-8-5-9-15-20/h4-17,22-23H,1-3H3,(H,25,27)/t22-,23+/m0/s1. The molecule has 0 aliphatic heterocycles. The quantitative estimate of drug-likeness (QED) is 0.629. The van der Waals surface area contributed by atoms with Gasteiger partial charge in [0, 0.05) is 7.05 Å². The highest BCUT2D eigenvalue weighted by atomic mass is 32.2. The summed E-state index contributed by atoms with van der Waals surface area (Å²) in [6.45, 7) is 2.00. The first-order valence-electron chi connectivity index (χ1n) is 9.67. The number of nitrogens with one attached hydrogen (secondary N) is 1. The number of aryl methyl sites for hydroxylation is 1. The Bertz CT molecular complexity index is 1100. The van der Waals surface area contributed by atoms with Crippen molar-refractivity contribution in [3.05, 3.63) is 107 Å². The van der Waals surface area contributed by atoms with Crippen molar-refractivity contribution < 1.29 is 13.2 Å². The zero-order valence-corrected chi connectivity index (χ0v) is 18.1. The van der Waals surface area contributed by atoms with E-state index in [4.69, 9.17) is 0 Å². The smallest absolute Gasteiger partial charge is 0.243 e. The van der Waals surface area contributed by atoms with Gasteiger partial charge < -0.3 is 5.32 Å². The zero-order valence-electron chi connectivity index (χ0n) is 17.3. The Kier molecular flexibility index (Phi) is 6.70. The van der Waals surface area contributed by atoms with Crippen LogP contribution in [0.25, 0.3) is 0 Å². The summed E-state index contributed by atoms with van der Waals surface area (Å²) < 4.78 is 25.6. The van der Waals surface area contributed by atoms with Gasteiger partial charge in [-0.3, -0.25) is 4.79 Å². The van der Waals surface area contributed by atoms with Crippen LogP contribution in [0.1, 0.15) is 34.3 Å². The summed E-state index contributed by atoms with van der Waals surface area (Å²) in [5.74, 6) is -0.385. The topological polar surface area (TPSA) is 66.5 Å². The van der Waals surface area contributed by atoms with E-state index in [2.05, 4.69) is 5.32 Å². The number of likely N-dealkylation sites (N-methyl/N-ethyl adjacent to an activating group) is 1. The molecule has 1 amide bonds. The van der Waals surface area contributed by atoms with Crippen molar-refractivity contribution in [1.29, 1.82) is 0 Å². The Morgan fingerprint density at radius 1 is 0.833 bits per heavy atom. The molecular formula is C24H26N2O3S. The molecule has 5 nitrogen and oxygen atoms in total. The van der Waals surface area contributed by atoms with E-state index >= 15 is 0 Å². The Labute approximate surface area is 178 Å². The molecule has 0 aromatic heterocycles. The number of carbonyl (C=O) groups is 1. The third-order valence-corrected chi connectivity index (χ3v) is 6.30.